The number of fused-ring (bicyclic) bond motifs is 1. The SMILES string of the molecule is O=C1NCCCn2cc(S(=O)(=O)N3CCN(Cc4ccccc4)CC3)cc21. The van der Waals surface area contributed by atoms with Crippen LogP contribution in [0.1, 0.15) is 22.5 Å². The van der Waals surface area contributed by atoms with Gasteiger partial charge in [-0.3, -0.25) is 9.69 Å². The van der Waals surface area contributed by atoms with Crippen molar-refractivity contribution in [2.45, 2.75) is 24.4 Å². The van der Waals surface area contributed by atoms with Gasteiger partial charge in [-0.2, -0.15) is 4.31 Å². The number of amides is 1. The van der Waals surface area contributed by atoms with Crippen molar-refractivity contribution in [3.63, 3.8) is 0 Å². The van der Waals surface area contributed by atoms with Gasteiger partial charge in [0, 0.05) is 52.0 Å². The van der Waals surface area contributed by atoms with Crippen molar-refractivity contribution in [1.29, 1.82) is 0 Å². The maximum Gasteiger partial charge on any atom is 0.267 e. The van der Waals surface area contributed by atoms with E-state index in [0.717, 1.165) is 13.0 Å². The molecular weight excluding hydrogens is 364 g/mol. The van der Waals surface area contributed by atoms with Crippen molar-refractivity contribution in [1.82, 2.24) is 19.1 Å². The summed E-state index contributed by atoms with van der Waals surface area (Å²) in [4.78, 5) is 14.6. The second-order valence-corrected chi connectivity index (χ2v) is 8.97. The number of hydrogen-bond acceptors (Lipinski definition) is 4. The molecule has 0 spiro atoms. The molecule has 0 unspecified atom stereocenters. The van der Waals surface area contributed by atoms with E-state index in [4.69, 9.17) is 0 Å². The first-order valence-electron chi connectivity index (χ1n) is 9.29. The van der Waals surface area contributed by atoms with Crippen LogP contribution < -0.4 is 5.32 Å². The number of carbonyl (C=O) groups excluding carboxylic acids is 1. The molecule has 4 rings (SSSR count). The molecule has 144 valence electrons. The summed E-state index contributed by atoms with van der Waals surface area (Å²) in [5.74, 6) is -0.207. The zero-order chi connectivity index (χ0) is 18.9. The molecule has 1 fully saturated rings. The van der Waals surface area contributed by atoms with Crippen molar-refractivity contribution >= 4 is 15.9 Å². The second-order valence-electron chi connectivity index (χ2n) is 7.03. The Morgan fingerprint density at radius 3 is 2.48 bits per heavy atom. The topological polar surface area (TPSA) is 74.6 Å². The minimum atomic E-state index is -3.58. The summed E-state index contributed by atoms with van der Waals surface area (Å²) in [6.45, 7) is 4.41. The summed E-state index contributed by atoms with van der Waals surface area (Å²) in [5.41, 5.74) is 1.66. The number of nitrogens with one attached hydrogen (secondary N) is 1. The van der Waals surface area contributed by atoms with Gasteiger partial charge in [0.1, 0.15) is 10.6 Å². The third kappa shape index (κ3) is 3.78. The third-order valence-electron chi connectivity index (χ3n) is 5.18. The fourth-order valence-electron chi connectivity index (χ4n) is 3.66. The van der Waals surface area contributed by atoms with Gasteiger partial charge in [-0.05, 0) is 18.1 Å². The molecular formula is C19H24N4O3S. The van der Waals surface area contributed by atoms with Crippen molar-refractivity contribution < 1.29 is 13.2 Å². The van der Waals surface area contributed by atoms with E-state index in [9.17, 15) is 13.2 Å². The summed E-state index contributed by atoms with van der Waals surface area (Å²) >= 11 is 0. The lowest BCUT2D eigenvalue weighted by Gasteiger charge is -2.33. The van der Waals surface area contributed by atoms with E-state index in [1.165, 1.54) is 15.9 Å². The van der Waals surface area contributed by atoms with Crippen molar-refractivity contribution in [2.24, 2.45) is 0 Å². The number of hydrogen-bond donors (Lipinski definition) is 1. The summed E-state index contributed by atoms with van der Waals surface area (Å²) in [6, 6.07) is 11.7. The normalized spacial score (nSPS) is 19.3. The van der Waals surface area contributed by atoms with Crippen LogP contribution in [0.3, 0.4) is 0 Å². The number of nitrogens with zero attached hydrogens (tertiary/aromatic N) is 3. The molecule has 0 saturated carbocycles. The van der Waals surface area contributed by atoms with Crippen LogP contribution in [-0.2, 0) is 23.1 Å². The van der Waals surface area contributed by atoms with Gasteiger partial charge in [-0.25, -0.2) is 8.42 Å². The lowest BCUT2D eigenvalue weighted by atomic mass is 10.2. The average molecular weight is 388 g/mol. The van der Waals surface area contributed by atoms with E-state index in [1.54, 1.807) is 10.8 Å². The van der Waals surface area contributed by atoms with E-state index in [-0.39, 0.29) is 10.8 Å². The minimum absolute atomic E-state index is 0.207. The number of aryl methyl sites for hydroxylation is 1. The Hall–Kier alpha value is -2.16. The molecule has 0 atom stereocenters. The summed E-state index contributed by atoms with van der Waals surface area (Å²) < 4.78 is 29.3. The maximum absolute atomic E-state index is 13.0. The Bertz CT molecular complexity index is 916. The Balaban J connectivity index is 1.45. The molecule has 27 heavy (non-hydrogen) atoms. The van der Waals surface area contributed by atoms with Gasteiger partial charge in [0.2, 0.25) is 10.0 Å². The molecule has 1 N–H and O–H groups in total. The van der Waals surface area contributed by atoms with Gasteiger partial charge in [0.15, 0.2) is 0 Å². The fraction of sp³-hybridized carbons (Fsp3) is 0.421. The zero-order valence-electron chi connectivity index (χ0n) is 15.2. The average Bonchev–Trinajstić information content (AvgIpc) is 3.04. The van der Waals surface area contributed by atoms with Gasteiger partial charge in [0.25, 0.3) is 5.91 Å². The lowest BCUT2D eigenvalue weighted by Crippen LogP contribution is -2.48. The summed E-state index contributed by atoms with van der Waals surface area (Å²) in [7, 11) is -3.58. The van der Waals surface area contributed by atoms with Gasteiger partial charge < -0.3 is 9.88 Å². The highest BCUT2D eigenvalue weighted by atomic mass is 32.2. The van der Waals surface area contributed by atoms with Crippen LogP contribution in [0.5, 0.6) is 0 Å². The Kier molecular flexibility index (Phi) is 5.03. The summed E-state index contributed by atoms with van der Waals surface area (Å²) in [5, 5.41) is 2.80. The van der Waals surface area contributed by atoms with Crippen LogP contribution in [-0.4, -0.2) is 60.8 Å². The number of benzene rings is 1. The minimum Gasteiger partial charge on any atom is -0.351 e. The molecule has 7 nitrogen and oxygen atoms in total. The molecule has 1 aromatic carbocycles. The molecule has 2 aliphatic rings. The molecule has 1 amide bonds. The van der Waals surface area contributed by atoms with Crippen molar-refractivity contribution in [2.75, 3.05) is 32.7 Å². The Morgan fingerprint density at radius 1 is 1.00 bits per heavy atom. The maximum atomic E-state index is 13.0. The molecule has 3 heterocycles. The van der Waals surface area contributed by atoms with Crippen LogP contribution in [0.25, 0.3) is 0 Å². The number of rotatable bonds is 4. The first kappa shape index (κ1) is 18.2. The van der Waals surface area contributed by atoms with Crippen molar-refractivity contribution in [3.05, 3.63) is 53.9 Å². The van der Waals surface area contributed by atoms with Gasteiger partial charge in [-0.15, -0.1) is 0 Å². The van der Waals surface area contributed by atoms with Crippen LogP contribution in [0.15, 0.2) is 47.5 Å². The Labute approximate surface area is 159 Å². The van der Waals surface area contributed by atoms with Crippen LogP contribution >= 0.6 is 0 Å². The van der Waals surface area contributed by atoms with Crippen molar-refractivity contribution in [3.8, 4) is 0 Å². The highest BCUT2D eigenvalue weighted by Gasteiger charge is 2.31. The number of carbonyl (C=O) groups is 1. The van der Waals surface area contributed by atoms with Crippen LogP contribution in [0, 0.1) is 0 Å². The molecule has 8 heteroatoms. The quantitative estimate of drug-likeness (QED) is 0.852. The number of aromatic nitrogens is 1. The number of sulfonamides is 1. The Morgan fingerprint density at radius 2 is 1.74 bits per heavy atom. The first-order chi connectivity index (χ1) is 13.0. The zero-order valence-corrected chi connectivity index (χ0v) is 16.0. The smallest absolute Gasteiger partial charge is 0.267 e. The highest BCUT2D eigenvalue weighted by molar-refractivity contribution is 7.89. The lowest BCUT2D eigenvalue weighted by molar-refractivity contribution is 0.0951. The monoisotopic (exact) mass is 388 g/mol. The van der Waals surface area contributed by atoms with E-state index in [0.29, 0.717) is 45.0 Å². The van der Waals surface area contributed by atoms with E-state index in [1.807, 2.05) is 18.2 Å². The van der Waals surface area contributed by atoms with Gasteiger partial charge in [-0.1, -0.05) is 30.3 Å². The van der Waals surface area contributed by atoms with E-state index < -0.39 is 10.0 Å². The predicted molar refractivity (Wildman–Crippen MR) is 102 cm³/mol. The van der Waals surface area contributed by atoms with E-state index in [2.05, 4.69) is 22.3 Å². The van der Waals surface area contributed by atoms with Gasteiger partial charge >= 0.3 is 0 Å². The second kappa shape index (κ2) is 7.46. The largest absolute Gasteiger partial charge is 0.351 e. The summed E-state index contributed by atoms with van der Waals surface area (Å²) in [6.07, 6.45) is 2.40. The van der Waals surface area contributed by atoms with Crippen LogP contribution in [0.4, 0.5) is 0 Å². The molecule has 1 aromatic heterocycles. The molecule has 1 saturated heterocycles. The molecule has 0 radical (unpaired) electrons. The molecule has 2 aromatic rings. The third-order valence-corrected chi connectivity index (χ3v) is 7.05. The standard InChI is InChI=1S/C19H24N4O3S/c24-19-18-13-17(15-22(18)8-4-7-20-19)27(25,26)23-11-9-21(10-12-23)14-16-5-2-1-3-6-16/h1-3,5-6,13,15H,4,7-12,14H2,(H,20,24). The molecule has 0 bridgehead atoms. The number of piperazine rings is 1. The van der Waals surface area contributed by atoms with Crippen LogP contribution in [0.2, 0.25) is 0 Å². The van der Waals surface area contributed by atoms with Gasteiger partial charge in [0.05, 0.1) is 0 Å². The highest BCUT2D eigenvalue weighted by Crippen LogP contribution is 2.22. The first-order valence-corrected chi connectivity index (χ1v) is 10.7. The van der Waals surface area contributed by atoms with E-state index >= 15 is 0 Å². The predicted octanol–water partition coefficient (Wildman–Crippen LogP) is 1.13. The molecule has 0 aliphatic carbocycles. The molecule has 2 aliphatic heterocycles. The fourth-order valence-corrected chi connectivity index (χ4v) is 5.12.